The molecule has 26 heavy (non-hydrogen) atoms. The Labute approximate surface area is 153 Å². The fourth-order valence-electron chi connectivity index (χ4n) is 3.58. The van der Waals surface area contributed by atoms with Gasteiger partial charge in [-0.15, -0.1) is 10.2 Å². The summed E-state index contributed by atoms with van der Waals surface area (Å²) in [7, 11) is 1.87. The topological polar surface area (TPSA) is 63.1 Å². The molecule has 6 nitrogen and oxygen atoms in total. The molecule has 7 heteroatoms. The van der Waals surface area contributed by atoms with E-state index in [1.165, 1.54) is 25.0 Å². The molecule has 1 amide bonds. The third-order valence-corrected chi connectivity index (χ3v) is 4.86. The SMILES string of the molecule is C[C@@H](NC(=O)CN(C)Cc1ccc(F)cc1)c1nncn1C1CCCC1. The van der Waals surface area contributed by atoms with Crippen LogP contribution in [0.15, 0.2) is 30.6 Å². The van der Waals surface area contributed by atoms with Crippen molar-refractivity contribution >= 4 is 5.91 Å². The predicted octanol–water partition coefficient (Wildman–Crippen LogP) is 2.84. The number of hydrogen-bond donors (Lipinski definition) is 1. The zero-order chi connectivity index (χ0) is 18.5. The molecule has 1 heterocycles. The van der Waals surface area contributed by atoms with Gasteiger partial charge in [0.05, 0.1) is 12.6 Å². The number of benzene rings is 1. The van der Waals surface area contributed by atoms with E-state index in [9.17, 15) is 9.18 Å². The number of carbonyl (C=O) groups is 1. The predicted molar refractivity (Wildman–Crippen MR) is 96.8 cm³/mol. The van der Waals surface area contributed by atoms with E-state index < -0.39 is 0 Å². The molecule has 2 aromatic rings. The summed E-state index contributed by atoms with van der Waals surface area (Å²) in [5, 5.41) is 11.3. The van der Waals surface area contributed by atoms with Crippen molar-refractivity contribution < 1.29 is 9.18 Å². The molecule has 0 unspecified atom stereocenters. The Kier molecular flexibility index (Phi) is 5.98. The first-order valence-electron chi connectivity index (χ1n) is 9.14. The molecule has 1 fully saturated rings. The van der Waals surface area contributed by atoms with Crippen LogP contribution in [0.3, 0.4) is 0 Å². The van der Waals surface area contributed by atoms with Crippen LogP contribution in [0.5, 0.6) is 0 Å². The summed E-state index contributed by atoms with van der Waals surface area (Å²) < 4.78 is 15.1. The Morgan fingerprint density at radius 3 is 2.73 bits per heavy atom. The van der Waals surface area contributed by atoms with Crippen molar-refractivity contribution in [2.24, 2.45) is 0 Å². The lowest BCUT2D eigenvalue weighted by molar-refractivity contribution is -0.122. The monoisotopic (exact) mass is 359 g/mol. The molecule has 1 atom stereocenters. The Bertz CT molecular complexity index is 724. The van der Waals surface area contributed by atoms with Crippen molar-refractivity contribution in [2.45, 2.75) is 51.2 Å². The van der Waals surface area contributed by atoms with Crippen LogP contribution in [0, 0.1) is 5.82 Å². The first-order chi connectivity index (χ1) is 12.5. The van der Waals surface area contributed by atoms with Crippen LogP contribution >= 0.6 is 0 Å². The number of carbonyl (C=O) groups excluding carboxylic acids is 1. The highest BCUT2D eigenvalue weighted by Crippen LogP contribution is 2.31. The largest absolute Gasteiger partial charge is 0.345 e. The molecule has 140 valence electrons. The minimum absolute atomic E-state index is 0.0666. The summed E-state index contributed by atoms with van der Waals surface area (Å²) in [5.41, 5.74) is 0.968. The normalized spacial score (nSPS) is 16.2. The number of aromatic nitrogens is 3. The number of amides is 1. The van der Waals surface area contributed by atoms with Crippen molar-refractivity contribution in [3.8, 4) is 0 Å². The van der Waals surface area contributed by atoms with Crippen molar-refractivity contribution in [3.63, 3.8) is 0 Å². The van der Waals surface area contributed by atoms with Crippen LogP contribution in [0.2, 0.25) is 0 Å². The van der Waals surface area contributed by atoms with Gasteiger partial charge in [0.2, 0.25) is 5.91 Å². The number of likely N-dealkylation sites (N-methyl/N-ethyl adjacent to an activating group) is 1. The Morgan fingerprint density at radius 2 is 2.04 bits per heavy atom. The molecule has 1 saturated carbocycles. The second-order valence-corrected chi connectivity index (χ2v) is 7.12. The van der Waals surface area contributed by atoms with E-state index in [2.05, 4.69) is 20.1 Å². The highest BCUT2D eigenvalue weighted by molar-refractivity contribution is 5.78. The molecule has 1 aromatic carbocycles. The summed E-state index contributed by atoms with van der Waals surface area (Å²) in [6.07, 6.45) is 6.53. The van der Waals surface area contributed by atoms with Gasteiger partial charge in [-0.25, -0.2) is 4.39 Å². The summed E-state index contributed by atoms with van der Waals surface area (Å²) in [4.78, 5) is 14.3. The maximum Gasteiger partial charge on any atom is 0.234 e. The lowest BCUT2D eigenvalue weighted by Crippen LogP contribution is -2.37. The summed E-state index contributed by atoms with van der Waals surface area (Å²) in [5.74, 6) is 0.490. The summed E-state index contributed by atoms with van der Waals surface area (Å²) in [6.45, 7) is 2.78. The third kappa shape index (κ3) is 4.66. The molecule has 1 aromatic heterocycles. The minimum Gasteiger partial charge on any atom is -0.345 e. The molecular weight excluding hydrogens is 333 g/mol. The van der Waals surface area contributed by atoms with Gasteiger partial charge in [-0.05, 0) is 44.5 Å². The molecule has 1 N–H and O–H groups in total. The number of hydrogen-bond acceptors (Lipinski definition) is 4. The quantitative estimate of drug-likeness (QED) is 0.826. The molecular formula is C19H26FN5O. The van der Waals surface area contributed by atoms with E-state index in [4.69, 9.17) is 0 Å². The van der Waals surface area contributed by atoms with Crippen molar-refractivity contribution in [2.75, 3.05) is 13.6 Å². The summed E-state index contributed by atoms with van der Waals surface area (Å²) >= 11 is 0. The number of nitrogens with one attached hydrogen (secondary N) is 1. The first-order valence-corrected chi connectivity index (χ1v) is 9.14. The lowest BCUT2D eigenvalue weighted by atomic mass is 10.2. The molecule has 0 spiro atoms. The second-order valence-electron chi connectivity index (χ2n) is 7.12. The van der Waals surface area contributed by atoms with Gasteiger partial charge in [-0.3, -0.25) is 9.69 Å². The lowest BCUT2D eigenvalue weighted by Gasteiger charge is -2.21. The fourth-order valence-corrected chi connectivity index (χ4v) is 3.58. The number of halogens is 1. The minimum atomic E-state index is -0.255. The van der Waals surface area contributed by atoms with Gasteiger partial charge in [0.1, 0.15) is 12.1 Å². The molecule has 3 rings (SSSR count). The standard InChI is InChI=1S/C19H26FN5O/c1-14(19-23-21-13-25(19)17-5-3-4-6-17)22-18(26)12-24(2)11-15-7-9-16(20)10-8-15/h7-10,13-14,17H,3-6,11-12H2,1-2H3,(H,22,26)/t14-/m1/s1. The van der Waals surface area contributed by atoms with Crippen molar-refractivity contribution in [1.29, 1.82) is 0 Å². The molecule has 0 aliphatic heterocycles. The van der Waals surface area contributed by atoms with E-state index in [0.717, 1.165) is 24.2 Å². The zero-order valence-corrected chi connectivity index (χ0v) is 15.4. The second kappa shape index (κ2) is 8.40. The highest BCUT2D eigenvalue weighted by Gasteiger charge is 2.23. The van der Waals surface area contributed by atoms with Crippen LogP contribution in [-0.4, -0.2) is 39.2 Å². The fraction of sp³-hybridized carbons (Fsp3) is 0.526. The smallest absolute Gasteiger partial charge is 0.234 e. The number of rotatable bonds is 7. The maximum absolute atomic E-state index is 13.0. The molecule has 0 bridgehead atoms. The zero-order valence-electron chi connectivity index (χ0n) is 15.4. The van der Waals surface area contributed by atoms with Crippen LogP contribution in [0.1, 0.15) is 56.1 Å². The number of nitrogens with zero attached hydrogens (tertiary/aromatic N) is 4. The Morgan fingerprint density at radius 1 is 1.35 bits per heavy atom. The van der Waals surface area contributed by atoms with Gasteiger partial charge < -0.3 is 9.88 Å². The van der Waals surface area contributed by atoms with Gasteiger partial charge in [-0.2, -0.15) is 0 Å². The van der Waals surface area contributed by atoms with Crippen LogP contribution < -0.4 is 5.32 Å². The molecule has 1 aliphatic carbocycles. The van der Waals surface area contributed by atoms with E-state index >= 15 is 0 Å². The van der Waals surface area contributed by atoms with Gasteiger partial charge in [-0.1, -0.05) is 25.0 Å². The van der Waals surface area contributed by atoms with Crippen LogP contribution in [0.4, 0.5) is 4.39 Å². The van der Waals surface area contributed by atoms with Crippen LogP contribution in [0.25, 0.3) is 0 Å². The molecule has 0 saturated heterocycles. The first kappa shape index (κ1) is 18.5. The van der Waals surface area contributed by atoms with Crippen LogP contribution in [-0.2, 0) is 11.3 Å². The van der Waals surface area contributed by atoms with Gasteiger partial charge in [0, 0.05) is 12.6 Å². The van der Waals surface area contributed by atoms with Gasteiger partial charge >= 0.3 is 0 Å². The molecule has 1 aliphatic rings. The van der Waals surface area contributed by atoms with Gasteiger partial charge in [0.25, 0.3) is 0 Å². The maximum atomic E-state index is 13.0. The average molecular weight is 359 g/mol. The third-order valence-electron chi connectivity index (χ3n) is 4.86. The van der Waals surface area contributed by atoms with E-state index in [0.29, 0.717) is 12.6 Å². The van der Waals surface area contributed by atoms with Crippen molar-refractivity contribution in [3.05, 3.63) is 47.8 Å². The van der Waals surface area contributed by atoms with E-state index in [1.807, 2.05) is 18.9 Å². The Balaban J connectivity index is 1.52. The molecule has 0 radical (unpaired) electrons. The highest BCUT2D eigenvalue weighted by atomic mass is 19.1. The van der Waals surface area contributed by atoms with Crippen molar-refractivity contribution in [1.82, 2.24) is 25.0 Å². The van der Waals surface area contributed by atoms with Gasteiger partial charge in [0.15, 0.2) is 5.82 Å². The van der Waals surface area contributed by atoms with E-state index in [-0.39, 0.29) is 24.3 Å². The van der Waals surface area contributed by atoms with E-state index in [1.54, 1.807) is 18.5 Å². The Hall–Kier alpha value is -2.28. The average Bonchev–Trinajstić information content (AvgIpc) is 3.27. The summed E-state index contributed by atoms with van der Waals surface area (Å²) in [6, 6.07) is 6.58.